The van der Waals surface area contributed by atoms with E-state index in [4.69, 9.17) is 10.0 Å². The molecule has 5 heteroatoms. The van der Waals surface area contributed by atoms with E-state index in [0.717, 1.165) is 0 Å². The maximum absolute atomic E-state index is 12.7. The van der Waals surface area contributed by atoms with Crippen molar-refractivity contribution in [3.63, 3.8) is 0 Å². The summed E-state index contributed by atoms with van der Waals surface area (Å²) in [5.41, 5.74) is 0.200. The van der Waals surface area contributed by atoms with Crippen LogP contribution in [0.3, 0.4) is 0 Å². The van der Waals surface area contributed by atoms with Gasteiger partial charge in [0, 0.05) is 3.57 Å². The van der Waals surface area contributed by atoms with Crippen molar-refractivity contribution < 1.29 is 14.4 Å². The summed E-state index contributed by atoms with van der Waals surface area (Å²) in [6.07, 6.45) is 0. The van der Waals surface area contributed by atoms with Gasteiger partial charge in [0.05, 0.1) is 0 Å². The van der Waals surface area contributed by atoms with Crippen LogP contribution in [0.4, 0.5) is 4.39 Å². The van der Waals surface area contributed by atoms with Gasteiger partial charge in [-0.05, 0) is 34.1 Å². The molecule has 0 fully saturated rings. The summed E-state index contributed by atoms with van der Waals surface area (Å²) in [7, 11) is -1.60. The molecule has 0 amide bonds. The van der Waals surface area contributed by atoms with Crippen LogP contribution in [0, 0.1) is 9.39 Å². The molecule has 1 aromatic rings. The van der Waals surface area contributed by atoms with Gasteiger partial charge in [-0.2, -0.15) is 0 Å². The lowest BCUT2D eigenvalue weighted by Gasteiger charge is -2.02. The van der Waals surface area contributed by atoms with Crippen molar-refractivity contribution in [3.8, 4) is 0 Å². The van der Waals surface area contributed by atoms with Crippen LogP contribution < -0.4 is 5.46 Å². The Morgan fingerprint density at radius 1 is 1.36 bits per heavy atom. The second-order valence-corrected chi connectivity index (χ2v) is 3.10. The van der Waals surface area contributed by atoms with Gasteiger partial charge in [0.2, 0.25) is 0 Å². The van der Waals surface area contributed by atoms with Gasteiger partial charge in [-0.25, -0.2) is 4.39 Å². The second kappa shape index (κ2) is 3.51. The van der Waals surface area contributed by atoms with Crippen LogP contribution in [0.25, 0.3) is 0 Å². The SMILES string of the molecule is OB(O)c1cccc(F)c1I. The van der Waals surface area contributed by atoms with E-state index >= 15 is 0 Å². The van der Waals surface area contributed by atoms with Crippen molar-refractivity contribution in [2.45, 2.75) is 0 Å². The highest BCUT2D eigenvalue weighted by Crippen LogP contribution is 2.06. The molecule has 58 valence electrons. The predicted molar refractivity (Wildman–Crippen MR) is 48.9 cm³/mol. The van der Waals surface area contributed by atoms with Gasteiger partial charge in [0.15, 0.2) is 0 Å². The zero-order valence-corrected chi connectivity index (χ0v) is 7.62. The van der Waals surface area contributed by atoms with Crippen molar-refractivity contribution in [2.24, 2.45) is 0 Å². The molecule has 2 nitrogen and oxygen atoms in total. The Morgan fingerprint density at radius 3 is 2.45 bits per heavy atom. The summed E-state index contributed by atoms with van der Waals surface area (Å²) in [5, 5.41) is 17.4. The molecule has 0 aliphatic carbocycles. The monoisotopic (exact) mass is 266 g/mol. The van der Waals surface area contributed by atoms with Gasteiger partial charge in [0.1, 0.15) is 5.82 Å². The summed E-state index contributed by atoms with van der Waals surface area (Å²) < 4.78 is 13.0. The lowest BCUT2D eigenvalue weighted by Crippen LogP contribution is -2.32. The summed E-state index contributed by atoms with van der Waals surface area (Å²) in [4.78, 5) is 0. The molecule has 0 heterocycles. The molecule has 11 heavy (non-hydrogen) atoms. The van der Waals surface area contributed by atoms with E-state index in [-0.39, 0.29) is 9.03 Å². The van der Waals surface area contributed by atoms with Crippen molar-refractivity contribution in [3.05, 3.63) is 27.6 Å². The molecular weight excluding hydrogens is 261 g/mol. The maximum atomic E-state index is 12.7. The number of rotatable bonds is 1. The highest BCUT2D eigenvalue weighted by molar-refractivity contribution is 14.1. The van der Waals surface area contributed by atoms with Crippen molar-refractivity contribution in [1.82, 2.24) is 0 Å². The number of halogens is 2. The Labute approximate surface area is 77.3 Å². The van der Waals surface area contributed by atoms with Gasteiger partial charge in [-0.1, -0.05) is 12.1 Å². The Hall–Kier alpha value is -0.135. The second-order valence-electron chi connectivity index (χ2n) is 2.02. The lowest BCUT2D eigenvalue weighted by atomic mass is 9.80. The minimum atomic E-state index is -1.60. The molecule has 1 rings (SSSR count). The Bertz CT molecular complexity index is 267. The highest BCUT2D eigenvalue weighted by atomic mass is 127. The van der Waals surface area contributed by atoms with E-state index in [2.05, 4.69) is 0 Å². The molecular formula is C6H5BFIO2. The van der Waals surface area contributed by atoms with Crippen molar-refractivity contribution >= 4 is 35.2 Å². The summed E-state index contributed by atoms with van der Waals surface area (Å²) >= 11 is 1.73. The first-order chi connectivity index (χ1) is 5.13. The fourth-order valence-corrected chi connectivity index (χ4v) is 1.36. The van der Waals surface area contributed by atoms with Gasteiger partial charge < -0.3 is 10.0 Å². The van der Waals surface area contributed by atoms with Crippen LogP contribution in [0.2, 0.25) is 0 Å². The first kappa shape index (κ1) is 8.96. The molecule has 0 radical (unpaired) electrons. The topological polar surface area (TPSA) is 40.5 Å². The minimum absolute atomic E-state index is 0.200. The van der Waals surface area contributed by atoms with Crippen molar-refractivity contribution in [2.75, 3.05) is 0 Å². The molecule has 0 atom stereocenters. The number of hydrogen-bond acceptors (Lipinski definition) is 2. The third kappa shape index (κ3) is 1.91. The first-order valence-electron chi connectivity index (χ1n) is 2.93. The quantitative estimate of drug-likeness (QED) is 0.559. The third-order valence-corrected chi connectivity index (χ3v) is 2.40. The third-order valence-electron chi connectivity index (χ3n) is 1.26. The number of hydrogen-bond donors (Lipinski definition) is 2. The molecule has 0 aliphatic rings. The van der Waals surface area contributed by atoms with E-state index in [1.54, 1.807) is 22.6 Å². The average Bonchev–Trinajstić information content (AvgIpc) is 1.94. The molecule has 0 saturated carbocycles. The average molecular weight is 266 g/mol. The molecule has 0 bridgehead atoms. The largest absolute Gasteiger partial charge is 0.489 e. The lowest BCUT2D eigenvalue weighted by molar-refractivity contribution is 0.425. The highest BCUT2D eigenvalue weighted by Gasteiger charge is 2.16. The molecule has 0 spiro atoms. The van der Waals surface area contributed by atoms with Crippen LogP contribution in [0.5, 0.6) is 0 Å². The van der Waals surface area contributed by atoms with E-state index in [1.165, 1.54) is 18.2 Å². The number of benzene rings is 1. The van der Waals surface area contributed by atoms with E-state index in [9.17, 15) is 4.39 Å². The summed E-state index contributed by atoms with van der Waals surface area (Å²) in [6, 6.07) is 4.18. The standard InChI is InChI=1S/C6H5BFIO2/c8-5-3-1-2-4(6(5)9)7(10)11/h1-3,10-11H. The minimum Gasteiger partial charge on any atom is -0.423 e. The van der Waals surface area contributed by atoms with Crippen LogP contribution in [0.15, 0.2) is 18.2 Å². The molecule has 0 aromatic heterocycles. The van der Waals surface area contributed by atoms with Crippen LogP contribution in [-0.2, 0) is 0 Å². The Balaban J connectivity index is 3.17. The summed E-state index contributed by atoms with van der Waals surface area (Å²) in [6.45, 7) is 0. The molecule has 0 saturated heterocycles. The van der Waals surface area contributed by atoms with Crippen LogP contribution >= 0.6 is 22.6 Å². The normalized spacial score (nSPS) is 9.82. The first-order valence-corrected chi connectivity index (χ1v) is 4.01. The maximum Gasteiger partial charge on any atom is 0.489 e. The van der Waals surface area contributed by atoms with Crippen LogP contribution in [-0.4, -0.2) is 17.2 Å². The van der Waals surface area contributed by atoms with E-state index in [1.807, 2.05) is 0 Å². The van der Waals surface area contributed by atoms with Gasteiger partial charge >= 0.3 is 7.12 Å². The fraction of sp³-hybridized carbons (Fsp3) is 0. The molecule has 0 aliphatic heterocycles. The Morgan fingerprint density at radius 2 is 2.00 bits per heavy atom. The van der Waals surface area contributed by atoms with Gasteiger partial charge in [-0.15, -0.1) is 0 Å². The van der Waals surface area contributed by atoms with Crippen LogP contribution in [0.1, 0.15) is 0 Å². The van der Waals surface area contributed by atoms with Crippen molar-refractivity contribution in [1.29, 1.82) is 0 Å². The Kier molecular flexibility index (Phi) is 2.86. The molecule has 2 N–H and O–H groups in total. The van der Waals surface area contributed by atoms with Gasteiger partial charge in [-0.3, -0.25) is 0 Å². The summed E-state index contributed by atoms with van der Waals surface area (Å²) in [5.74, 6) is -0.434. The molecule has 0 unspecified atom stereocenters. The molecule has 1 aromatic carbocycles. The zero-order valence-electron chi connectivity index (χ0n) is 5.46. The fourth-order valence-electron chi connectivity index (χ4n) is 0.720. The van der Waals surface area contributed by atoms with E-state index in [0.29, 0.717) is 0 Å². The van der Waals surface area contributed by atoms with Gasteiger partial charge in [0.25, 0.3) is 0 Å². The zero-order chi connectivity index (χ0) is 8.43. The predicted octanol–water partition coefficient (Wildman–Crippen LogP) is 0.110. The smallest absolute Gasteiger partial charge is 0.423 e. The van der Waals surface area contributed by atoms with E-state index < -0.39 is 12.9 Å².